The molecule has 0 fully saturated rings. The number of benzene rings is 1. The Morgan fingerprint density at radius 2 is 1.81 bits per heavy atom. The highest BCUT2D eigenvalue weighted by atomic mass is 16.6. The van der Waals surface area contributed by atoms with Crippen molar-refractivity contribution in [3.05, 3.63) is 38.9 Å². The number of nitrogens with zero attached hydrogens (tertiary/aromatic N) is 1. The van der Waals surface area contributed by atoms with Gasteiger partial charge in [-0.2, -0.15) is 0 Å². The molecule has 16 heavy (non-hydrogen) atoms. The van der Waals surface area contributed by atoms with E-state index in [1.54, 1.807) is 0 Å². The van der Waals surface area contributed by atoms with Gasteiger partial charge in [0.05, 0.1) is 10.5 Å². The molecule has 1 rings (SSSR count). The molecule has 7 nitrogen and oxygen atoms in total. The van der Waals surface area contributed by atoms with Crippen molar-refractivity contribution in [1.29, 1.82) is 0 Å². The first kappa shape index (κ1) is 11.6. The number of aromatic carboxylic acids is 2. The Labute approximate surface area is 89.1 Å². The highest BCUT2D eigenvalue weighted by Crippen LogP contribution is 2.25. The molecule has 0 atom stereocenters. The molecule has 0 heterocycles. The average Bonchev–Trinajstić information content (AvgIpc) is 2.15. The van der Waals surface area contributed by atoms with E-state index < -0.39 is 28.1 Å². The summed E-state index contributed by atoms with van der Waals surface area (Å²) in [6, 6.07) is 1.89. The molecule has 0 spiro atoms. The maximum atomic E-state index is 10.8. The third-order valence-electron chi connectivity index (χ3n) is 2.08. The van der Waals surface area contributed by atoms with Crippen LogP contribution in [0.15, 0.2) is 12.1 Å². The number of hydrogen-bond acceptors (Lipinski definition) is 4. The molecular weight excluding hydrogens is 218 g/mol. The van der Waals surface area contributed by atoms with Crippen molar-refractivity contribution >= 4 is 17.6 Å². The minimum Gasteiger partial charge on any atom is -0.478 e. The summed E-state index contributed by atoms with van der Waals surface area (Å²) in [7, 11) is 0. The van der Waals surface area contributed by atoms with E-state index in [0.29, 0.717) is 0 Å². The molecule has 0 aliphatic carbocycles. The molecule has 0 unspecified atom stereocenters. The second-order valence-electron chi connectivity index (χ2n) is 3.00. The number of rotatable bonds is 3. The van der Waals surface area contributed by atoms with E-state index in [4.69, 9.17) is 10.2 Å². The van der Waals surface area contributed by atoms with Crippen molar-refractivity contribution in [2.45, 2.75) is 6.92 Å². The summed E-state index contributed by atoms with van der Waals surface area (Å²) >= 11 is 0. The Bertz CT molecular complexity index is 493. The molecule has 0 saturated carbocycles. The summed E-state index contributed by atoms with van der Waals surface area (Å²) in [5.74, 6) is -2.85. The van der Waals surface area contributed by atoms with Gasteiger partial charge in [-0.1, -0.05) is 0 Å². The van der Waals surface area contributed by atoms with Crippen molar-refractivity contribution < 1.29 is 24.7 Å². The first-order valence-corrected chi connectivity index (χ1v) is 4.10. The van der Waals surface area contributed by atoms with Crippen LogP contribution < -0.4 is 0 Å². The SMILES string of the molecule is Cc1c(C(=O)O)ccc([N+](=O)[O-])c1C(=O)O. The molecule has 2 N–H and O–H groups in total. The molecule has 0 aliphatic heterocycles. The first-order chi connectivity index (χ1) is 7.36. The Morgan fingerprint density at radius 3 is 2.19 bits per heavy atom. The van der Waals surface area contributed by atoms with Crippen LogP contribution in [0.4, 0.5) is 5.69 Å². The number of nitro benzene ring substituents is 1. The van der Waals surface area contributed by atoms with E-state index in [0.717, 1.165) is 12.1 Å². The van der Waals surface area contributed by atoms with Gasteiger partial charge in [0.15, 0.2) is 0 Å². The molecule has 84 valence electrons. The monoisotopic (exact) mass is 225 g/mol. The number of carbonyl (C=O) groups is 2. The van der Waals surface area contributed by atoms with Crippen LogP contribution in [-0.4, -0.2) is 27.1 Å². The molecule has 0 aliphatic rings. The fourth-order valence-corrected chi connectivity index (χ4v) is 1.35. The number of nitro groups is 1. The highest BCUT2D eigenvalue weighted by Gasteiger charge is 2.25. The Balaban J connectivity index is 3.60. The van der Waals surface area contributed by atoms with E-state index >= 15 is 0 Å². The molecule has 0 amide bonds. The van der Waals surface area contributed by atoms with Crippen molar-refractivity contribution in [1.82, 2.24) is 0 Å². The maximum absolute atomic E-state index is 10.8. The van der Waals surface area contributed by atoms with Crippen molar-refractivity contribution in [3.8, 4) is 0 Å². The molecule has 0 bridgehead atoms. The van der Waals surface area contributed by atoms with Gasteiger partial charge < -0.3 is 10.2 Å². The van der Waals surface area contributed by atoms with E-state index in [9.17, 15) is 19.7 Å². The van der Waals surface area contributed by atoms with Gasteiger partial charge in [0.1, 0.15) is 5.56 Å². The topological polar surface area (TPSA) is 118 Å². The summed E-state index contributed by atoms with van der Waals surface area (Å²) in [5.41, 5.74) is -1.60. The zero-order valence-corrected chi connectivity index (χ0v) is 8.13. The predicted octanol–water partition coefficient (Wildman–Crippen LogP) is 1.30. The molecule has 1 aromatic carbocycles. The summed E-state index contributed by atoms with van der Waals surface area (Å²) in [5, 5.41) is 28.1. The standard InChI is InChI=1S/C9H7NO6/c1-4-5(8(11)12)2-3-6(10(15)16)7(4)9(13)14/h2-3H,1H3,(H,11,12)(H,13,14). The summed E-state index contributed by atoms with van der Waals surface area (Å²) in [6.07, 6.45) is 0. The third-order valence-corrected chi connectivity index (χ3v) is 2.08. The van der Waals surface area contributed by atoms with Gasteiger partial charge >= 0.3 is 11.9 Å². The summed E-state index contributed by atoms with van der Waals surface area (Å²) < 4.78 is 0. The lowest BCUT2D eigenvalue weighted by molar-refractivity contribution is -0.385. The number of hydrogen-bond donors (Lipinski definition) is 2. The highest BCUT2D eigenvalue weighted by molar-refractivity contribution is 5.99. The van der Waals surface area contributed by atoms with Crippen molar-refractivity contribution in [3.63, 3.8) is 0 Å². The van der Waals surface area contributed by atoms with Crippen LogP contribution in [0, 0.1) is 17.0 Å². The van der Waals surface area contributed by atoms with E-state index in [1.807, 2.05) is 0 Å². The van der Waals surface area contributed by atoms with Crippen LogP contribution in [0.3, 0.4) is 0 Å². The largest absolute Gasteiger partial charge is 0.478 e. The van der Waals surface area contributed by atoms with Crippen LogP contribution in [0.5, 0.6) is 0 Å². The Hall–Kier alpha value is -2.44. The van der Waals surface area contributed by atoms with Crippen LogP contribution in [0.1, 0.15) is 26.3 Å². The van der Waals surface area contributed by atoms with Gasteiger partial charge in [-0.25, -0.2) is 9.59 Å². The van der Waals surface area contributed by atoms with E-state index in [-0.39, 0.29) is 11.1 Å². The third kappa shape index (κ3) is 1.83. The Morgan fingerprint density at radius 1 is 1.25 bits per heavy atom. The zero-order chi connectivity index (χ0) is 12.5. The normalized spacial score (nSPS) is 9.81. The lowest BCUT2D eigenvalue weighted by Crippen LogP contribution is -2.10. The molecular formula is C9H7NO6. The average molecular weight is 225 g/mol. The lowest BCUT2D eigenvalue weighted by Gasteiger charge is -2.05. The quantitative estimate of drug-likeness (QED) is 0.591. The molecule has 1 aromatic rings. The lowest BCUT2D eigenvalue weighted by atomic mass is 10.0. The van der Waals surface area contributed by atoms with Crippen LogP contribution in [-0.2, 0) is 0 Å². The minimum absolute atomic E-state index is 0.130. The van der Waals surface area contributed by atoms with Crippen molar-refractivity contribution in [2.24, 2.45) is 0 Å². The van der Waals surface area contributed by atoms with Crippen LogP contribution in [0.25, 0.3) is 0 Å². The Kier molecular flexibility index (Phi) is 2.89. The zero-order valence-electron chi connectivity index (χ0n) is 8.13. The van der Waals surface area contributed by atoms with Gasteiger partial charge in [0, 0.05) is 6.07 Å². The summed E-state index contributed by atoms with van der Waals surface area (Å²) in [4.78, 5) is 31.2. The van der Waals surface area contributed by atoms with Gasteiger partial charge in [-0.15, -0.1) is 0 Å². The molecule has 0 radical (unpaired) electrons. The summed E-state index contributed by atoms with van der Waals surface area (Å²) in [6.45, 7) is 1.22. The number of carboxylic acids is 2. The molecule has 0 aromatic heterocycles. The maximum Gasteiger partial charge on any atom is 0.343 e. The second kappa shape index (κ2) is 3.97. The first-order valence-electron chi connectivity index (χ1n) is 4.10. The van der Waals surface area contributed by atoms with Crippen LogP contribution >= 0.6 is 0 Å². The number of carboxylic acid groups (broad SMARTS) is 2. The van der Waals surface area contributed by atoms with Gasteiger partial charge in [0.25, 0.3) is 5.69 Å². The van der Waals surface area contributed by atoms with E-state index in [2.05, 4.69) is 0 Å². The van der Waals surface area contributed by atoms with E-state index in [1.165, 1.54) is 6.92 Å². The van der Waals surface area contributed by atoms with Gasteiger partial charge in [0.2, 0.25) is 0 Å². The minimum atomic E-state index is -1.52. The fraction of sp³-hybridized carbons (Fsp3) is 0.111. The molecule has 0 saturated heterocycles. The smallest absolute Gasteiger partial charge is 0.343 e. The fourth-order valence-electron chi connectivity index (χ4n) is 1.35. The van der Waals surface area contributed by atoms with Gasteiger partial charge in [-0.05, 0) is 18.6 Å². The van der Waals surface area contributed by atoms with Crippen LogP contribution in [0.2, 0.25) is 0 Å². The molecule has 7 heteroatoms. The van der Waals surface area contributed by atoms with Crippen molar-refractivity contribution in [2.75, 3.05) is 0 Å². The predicted molar refractivity (Wildman–Crippen MR) is 51.8 cm³/mol. The van der Waals surface area contributed by atoms with Gasteiger partial charge in [-0.3, -0.25) is 10.1 Å². The second-order valence-corrected chi connectivity index (χ2v) is 3.00.